The molecule has 4 nitrogen and oxygen atoms in total. The average Bonchev–Trinajstić information content (AvgIpc) is 2.03. The molecule has 0 aromatic carbocycles. The Morgan fingerprint density at radius 2 is 1.93 bits per heavy atom. The summed E-state index contributed by atoms with van der Waals surface area (Å²) in [5, 5.41) is 0. The van der Waals surface area contributed by atoms with Gasteiger partial charge in [0.25, 0.3) is 0 Å². The molecule has 1 atom stereocenters. The lowest BCUT2D eigenvalue weighted by Gasteiger charge is -2.12. The van der Waals surface area contributed by atoms with E-state index in [1.807, 2.05) is 0 Å². The Morgan fingerprint density at radius 1 is 1.36 bits per heavy atom. The van der Waals surface area contributed by atoms with E-state index in [2.05, 4.69) is 6.58 Å². The van der Waals surface area contributed by atoms with E-state index >= 15 is 0 Å². The average molecular weight is 198 g/mol. The van der Waals surface area contributed by atoms with E-state index in [9.17, 15) is 9.59 Å². The Morgan fingerprint density at radius 3 is 2.36 bits per heavy atom. The van der Waals surface area contributed by atoms with Gasteiger partial charge in [-0.05, 0) is 13.8 Å². The molecular weight excluding hydrogens is 184 g/mol. The molecule has 0 fully saturated rings. The lowest BCUT2D eigenvalue weighted by Crippen LogP contribution is -2.20. The Bertz CT molecular complexity index is 265. The van der Waals surface area contributed by atoms with Crippen LogP contribution in [0.2, 0.25) is 0 Å². The molecule has 0 amide bonds. The summed E-state index contributed by atoms with van der Waals surface area (Å²) < 4.78 is 9.42. The van der Waals surface area contributed by atoms with Gasteiger partial charge in [0.05, 0.1) is 0 Å². The molecule has 1 unspecified atom stereocenters. The molecule has 0 saturated heterocycles. The monoisotopic (exact) mass is 198 g/mol. The molecule has 78 valence electrons. The smallest absolute Gasteiger partial charge is 0.336 e. The zero-order chi connectivity index (χ0) is 11.1. The molecule has 0 heterocycles. The van der Waals surface area contributed by atoms with E-state index in [-0.39, 0.29) is 5.57 Å². The lowest BCUT2D eigenvalue weighted by molar-refractivity contribution is -0.177. The topological polar surface area (TPSA) is 52.6 Å². The predicted octanol–water partition coefficient (Wildman–Crippen LogP) is 1.57. The summed E-state index contributed by atoms with van der Waals surface area (Å²) in [5.74, 6) is -1.12. The second-order valence-electron chi connectivity index (χ2n) is 2.69. The summed E-state index contributed by atoms with van der Waals surface area (Å²) in [5.41, 5.74) is 0.263. The molecule has 0 bridgehead atoms. The zero-order valence-corrected chi connectivity index (χ0v) is 8.57. The minimum atomic E-state index is -0.900. The van der Waals surface area contributed by atoms with Gasteiger partial charge in [0.2, 0.25) is 6.29 Å². The highest BCUT2D eigenvalue weighted by molar-refractivity contribution is 5.87. The van der Waals surface area contributed by atoms with E-state index in [4.69, 9.17) is 9.47 Å². The fourth-order valence-electron chi connectivity index (χ4n) is 0.614. The van der Waals surface area contributed by atoms with E-state index in [0.717, 1.165) is 0 Å². The Hall–Kier alpha value is -1.58. The molecule has 0 aliphatic carbocycles. The highest BCUT2D eigenvalue weighted by Gasteiger charge is 2.12. The van der Waals surface area contributed by atoms with Crippen LogP contribution in [0.15, 0.2) is 24.3 Å². The third kappa shape index (κ3) is 5.13. The minimum Gasteiger partial charge on any atom is -0.422 e. The van der Waals surface area contributed by atoms with Gasteiger partial charge < -0.3 is 9.47 Å². The SMILES string of the molecule is C=C(C)C(=O)OC(C)OC(=O)/C=C\C. The van der Waals surface area contributed by atoms with E-state index in [1.165, 1.54) is 26.0 Å². The van der Waals surface area contributed by atoms with Crippen LogP contribution < -0.4 is 0 Å². The van der Waals surface area contributed by atoms with Crippen LogP contribution in [-0.4, -0.2) is 18.2 Å². The number of hydrogen-bond donors (Lipinski definition) is 0. The molecule has 0 spiro atoms. The second kappa shape index (κ2) is 5.96. The van der Waals surface area contributed by atoms with Crippen LogP contribution in [0.25, 0.3) is 0 Å². The van der Waals surface area contributed by atoms with Gasteiger partial charge >= 0.3 is 11.9 Å². The van der Waals surface area contributed by atoms with Crippen LogP contribution >= 0.6 is 0 Å². The van der Waals surface area contributed by atoms with Crippen LogP contribution in [-0.2, 0) is 19.1 Å². The third-order valence-electron chi connectivity index (χ3n) is 1.21. The first kappa shape index (κ1) is 12.4. The maximum atomic E-state index is 11.0. The van der Waals surface area contributed by atoms with Crippen molar-refractivity contribution in [2.24, 2.45) is 0 Å². The van der Waals surface area contributed by atoms with Crippen molar-refractivity contribution in [2.75, 3.05) is 0 Å². The summed E-state index contributed by atoms with van der Waals surface area (Å²) in [4.78, 5) is 21.8. The van der Waals surface area contributed by atoms with Gasteiger partial charge in [-0.3, -0.25) is 0 Å². The summed E-state index contributed by atoms with van der Waals surface area (Å²) in [6.07, 6.45) is 1.88. The maximum Gasteiger partial charge on any atom is 0.336 e. The van der Waals surface area contributed by atoms with Crippen molar-refractivity contribution >= 4 is 11.9 Å². The first-order valence-corrected chi connectivity index (χ1v) is 4.17. The fourth-order valence-corrected chi connectivity index (χ4v) is 0.614. The van der Waals surface area contributed by atoms with Crippen LogP contribution in [0.5, 0.6) is 0 Å². The largest absolute Gasteiger partial charge is 0.422 e. The molecule has 0 aromatic rings. The number of rotatable bonds is 4. The second-order valence-corrected chi connectivity index (χ2v) is 2.69. The highest BCUT2D eigenvalue weighted by atomic mass is 16.7. The molecule has 14 heavy (non-hydrogen) atoms. The fraction of sp³-hybridized carbons (Fsp3) is 0.400. The zero-order valence-electron chi connectivity index (χ0n) is 8.57. The first-order chi connectivity index (χ1) is 6.47. The summed E-state index contributed by atoms with van der Waals surface area (Å²) in [7, 11) is 0. The third-order valence-corrected chi connectivity index (χ3v) is 1.21. The lowest BCUT2D eigenvalue weighted by atomic mass is 10.4. The van der Waals surface area contributed by atoms with Crippen molar-refractivity contribution in [1.29, 1.82) is 0 Å². The Labute approximate surface area is 83.2 Å². The van der Waals surface area contributed by atoms with Gasteiger partial charge in [-0.15, -0.1) is 0 Å². The highest BCUT2D eigenvalue weighted by Crippen LogP contribution is 2.00. The van der Waals surface area contributed by atoms with E-state index < -0.39 is 18.2 Å². The van der Waals surface area contributed by atoms with Gasteiger partial charge in [0.1, 0.15) is 0 Å². The summed E-state index contributed by atoms with van der Waals surface area (Å²) >= 11 is 0. The number of esters is 2. The quantitative estimate of drug-likeness (QED) is 0.391. The molecule has 0 N–H and O–H groups in total. The Balaban J connectivity index is 3.98. The van der Waals surface area contributed by atoms with Gasteiger partial charge in [0.15, 0.2) is 0 Å². The summed E-state index contributed by atoms with van der Waals surface area (Å²) in [6.45, 7) is 8.06. The van der Waals surface area contributed by atoms with Gasteiger partial charge in [-0.2, -0.15) is 0 Å². The van der Waals surface area contributed by atoms with Crippen LogP contribution in [0.3, 0.4) is 0 Å². The van der Waals surface area contributed by atoms with Crippen LogP contribution in [0, 0.1) is 0 Å². The molecule has 0 aromatic heterocycles. The van der Waals surface area contributed by atoms with Gasteiger partial charge in [-0.1, -0.05) is 12.7 Å². The number of carbonyl (C=O) groups excluding carboxylic acids is 2. The van der Waals surface area contributed by atoms with Crippen molar-refractivity contribution in [3.8, 4) is 0 Å². The number of ether oxygens (including phenoxy) is 2. The van der Waals surface area contributed by atoms with Crippen LogP contribution in [0.4, 0.5) is 0 Å². The normalized spacial score (nSPS) is 12.2. The Kier molecular flexibility index (Phi) is 5.29. The first-order valence-electron chi connectivity index (χ1n) is 4.17. The molecule has 0 aliphatic heterocycles. The van der Waals surface area contributed by atoms with Crippen molar-refractivity contribution in [2.45, 2.75) is 27.1 Å². The molecule has 0 rings (SSSR count). The van der Waals surface area contributed by atoms with Gasteiger partial charge in [-0.25, -0.2) is 9.59 Å². The van der Waals surface area contributed by atoms with Crippen molar-refractivity contribution < 1.29 is 19.1 Å². The number of allylic oxidation sites excluding steroid dienone is 1. The maximum absolute atomic E-state index is 11.0. The molecule has 4 heteroatoms. The standard InChI is InChI=1S/C10H14O4/c1-5-6-9(11)13-8(4)14-10(12)7(2)3/h5-6,8H,2H2,1,3-4H3/b6-5-. The van der Waals surface area contributed by atoms with Crippen molar-refractivity contribution in [3.63, 3.8) is 0 Å². The molecule has 0 radical (unpaired) electrons. The predicted molar refractivity (Wildman–Crippen MR) is 51.3 cm³/mol. The molecule has 0 saturated carbocycles. The van der Waals surface area contributed by atoms with Crippen molar-refractivity contribution in [1.82, 2.24) is 0 Å². The minimum absolute atomic E-state index is 0.263. The van der Waals surface area contributed by atoms with Gasteiger partial charge in [0, 0.05) is 18.6 Å². The number of hydrogen-bond acceptors (Lipinski definition) is 4. The molecular formula is C10H14O4. The number of carbonyl (C=O) groups is 2. The summed E-state index contributed by atoms with van der Waals surface area (Å²) in [6, 6.07) is 0. The van der Waals surface area contributed by atoms with E-state index in [1.54, 1.807) is 6.92 Å². The van der Waals surface area contributed by atoms with Crippen molar-refractivity contribution in [3.05, 3.63) is 24.3 Å². The van der Waals surface area contributed by atoms with Crippen LogP contribution in [0.1, 0.15) is 20.8 Å². The van der Waals surface area contributed by atoms with E-state index in [0.29, 0.717) is 0 Å². The molecule has 0 aliphatic rings.